The summed E-state index contributed by atoms with van der Waals surface area (Å²) < 4.78 is 16.1. The number of ether oxygens (including phenoxy) is 3. The first-order valence-corrected chi connectivity index (χ1v) is 6.80. The highest BCUT2D eigenvalue weighted by molar-refractivity contribution is 6.21. The number of rotatable bonds is 9. The van der Waals surface area contributed by atoms with Crippen molar-refractivity contribution in [1.82, 2.24) is 0 Å². The lowest BCUT2D eigenvalue weighted by molar-refractivity contribution is -0.0226. The third-order valence-electron chi connectivity index (χ3n) is 2.79. The second-order valence-electron chi connectivity index (χ2n) is 4.16. The van der Waals surface area contributed by atoms with Crippen molar-refractivity contribution in [3.63, 3.8) is 0 Å². The van der Waals surface area contributed by atoms with Gasteiger partial charge < -0.3 is 19.3 Å². The van der Waals surface area contributed by atoms with Crippen LogP contribution in [-0.2, 0) is 14.2 Å². The molecule has 0 unspecified atom stereocenters. The number of halogens is 1. The molecule has 1 saturated carbocycles. The van der Waals surface area contributed by atoms with E-state index in [1.54, 1.807) is 0 Å². The predicted octanol–water partition coefficient (Wildman–Crippen LogP) is 1.58. The van der Waals surface area contributed by atoms with Crippen LogP contribution in [0.3, 0.4) is 0 Å². The normalized spacial score (nSPS) is 25.1. The molecule has 1 N–H and O–H groups in total. The molecule has 0 amide bonds. The standard InChI is InChI=1S/C12H23ClO4/c13-11-3-1-2-4-12(11)17-10-9-16-8-7-15-6-5-14/h11-12,14H,1-10H2/t11-,12-/m0/s1. The van der Waals surface area contributed by atoms with E-state index in [1.807, 2.05) is 0 Å². The van der Waals surface area contributed by atoms with E-state index < -0.39 is 0 Å². The van der Waals surface area contributed by atoms with E-state index in [-0.39, 0.29) is 18.1 Å². The lowest BCUT2D eigenvalue weighted by Crippen LogP contribution is -2.29. The van der Waals surface area contributed by atoms with Gasteiger partial charge in [-0.2, -0.15) is 0 Å². The monoisotopic (exact) mass is 266 g/mol. The van der Waals surface area contributed by atoms with Gasteiger partial charge in [-0.25, -0.2) is 0 Å². The maximum Gasteiger partial charge on any atom is 0.0739 e. The lowest BCUT2D eigenvalue weighted by atomic mass is 9.97. The molecule has 5 heteroatoms. The number of hydrogen-bond donors (Lipinski definition) is 1. The molecule has 0 aromatic heterocycles. The number of aliphatic hydroxyl groups excluding tert-OH is 1. The van der Waals surface area contributed by atoms with Crippen molar-refractivity contribution in [3.8, 4) is 0 Å². The van der Waals surface area contributed by atoms with Gasteiger partial charge >= 0.3 is 0 Å². The summed E-state index contributed by atoms with van der Waals surface area (Å²) in [6, 6.07) is 0. The minimum atomic E-state index is 0.0574. The SMILES string of the molecule is OCCOCCOCCO[C@H]1CCCC[C@@H]1Cl. The van der Waals surface area contributed by atoms with Crippen molar-refractivity contribution in [2.24, 2.45) is 0 Å². The fourth-order valence-corrected chi connectivity index (χ4v) is 2.24. The van der Waals surface area contributed by atoms with Gasteiger partial charge in [0, 0.05) is 0 Å². The van der Waals surface area contributed by atoms with Gasteiger partial charge in [0.25, 0.3) is 0 Å². The lowest BCUT2D eigenvalue weighted by Gasteiger charge is -2.27. The van der Waals surface area contributed by atoms with Crippen molar-refractivity contribution >= 4 is 11.6 Å². The van der Waals surface area contributed by atoms with Crippen LogP contribution in [0.15, 0.2) is 0 Å². The quantitative estimate of drug-likeness (QED) is 0.508. The van der Waals surface area contributed by atoms with E-state index in [1.165, 1.54) is 12.8 Å². The minimum Gasteiger partial charge on any atom is -0.394 e. The maximum atomic E-state index is 8.48. The van der Waals surface area contributed by atoms with Crippen LogP contribution in [0.25, 0.3) is 0 Å². The highest BCUT2D eigenvalue weighted by atomic mass is 35.5. The topological polar surface area (TPSA) is 47.9 Å². The Kier molecular flexibility index (Phi) is 9.01. The molecule has 4 nitrogen and oxygen atoms in total. The molecular weight excluding hydrogens is 244 g/mol. The molecule has 0 spiro atoms. The third kappa shape index (κ3) is 7.21. The summed E-state index contributed by atoms with van der Waals surface area (Å²) in [6.07, 6.45) is 4.74. The van der Waals surface area contributed by atoms with Crippen LogP contribution in [0.2, 0.25) is 0 Å². The Bertz CT molecular complexity index is 180. The molecule has 1 aliphatic carbocycles. The van der Waals surface area contributed by atoms with Crippen LogP contribution in [0, 0.1) is 0 Å². The van der Waals surface area contributed by atoms with Crippen molar-refractivity contribution < 1.29 is 19.3 Å². The summed E-state index contributed by atoms with van der Waals surface area (Å²) in [4.78, 5) is 0. The Balaban J connectivity index is 1.86. The first-order valence-electron chi connectivity index (χ1n) is 6.36. The second kappa shape index (κ2) is 10.1. The summed E-state index contributed by atoms with van der Waals surface area (Å²) >= 11 is 6.17. The van der Waals surface area contributed by atoms with Gasteiger partial charge in [-0.3, -0.25) is 0 Å². The molecule has 2 atom stereocenters. The molecule has 0 bridgehead atoms. The van der Waals surface area contributed by atoms with Gasteiger partial charge in [-0.05, 0) is 12.8 Å². The smallest absolute Gasteiger partial charge is 0.0739 e. The molecule has 0 aromatic carbocycles. The highest BCUT2D eigenvalue weighted by Gasteiger charge is 2.23. The number of aliphatic hydroxyl groups is 1. The Morgan fingerprint density at radius 3 is 2.29 bits per heavy atom. The first kappa shape index (κ1) is 15.2. The van der Waals surface area contributed by atoms with E-state index in [9.17, 15) is 0 Å². The fourth-order valence-electron chi connectivity index (χ4n) is 1.88. The van der Waals surface area contributed by atoms with Crippen LogP contribution in [-0.4, -0.2) is 56.2 Å². The zero-order valence-corrected chi connectivity index (χ0v) is 11.0. The molecule has 1 aliphatic rings. The maximum absolute atomic E-state index is 8.48. The molecule has 102 valence electrons. The Labute approximate surface area is 108 Å². The second-order valence-corrected chi connectivity index (χ2v) is 4.72. The number of hydrogen-bond acceptors (Lipinski definition) is 4. The van der Waals surface area contributed by atoms with Crippen LogP contribution in [0.1, 0.15) is 25.7 Å². The van der Waals surface area contributed by atoms with E-state index in [0.29, 0.717) is 33.0 Å². The molecule has 0 heterocycles. The first-order chi connectivity index (χ1) is 8.34. The Hall–Kier alpha value is 0.130. The van der Waals surface area contributed by atoms with E-state index in [2.05, 4.69) is 0 Å². The van der Waals surface area contributed by atoms with Crippen molar-refractivity contribution in [1.29, 1.82) is 0 Å². The van der Waals surface area contributed by atoms with Gasteiger partial charge in [0.15, 0.2) is 0 Å². The molecular formula is C12H23ClO4. The summed E-state index contributed by atoms with van der Waals surface area (Å²) in [7, 11) is 0. The Morgan fingerprint density at radius 2 is 1.59 bits per heavy atom. The molecule has 1 rings (SSSR count). The van der Waals surface area contributed by atoms with Crippen LogP contribution >= 0.6 is 11.6 Å². The fraction of sp³-hybridized carbons (Fsp3) is 1.00. The third-order valence-corrected chi connectivity index (χ3v) is 3.29. The Morgan fingerprint density at radius 1 is 0.941 bits per heavy atom. The van der Waals surface area contributed by atoms with Gasteiger partial charge in [0.2, 0.25) is 0 Å². The van der Waals surface area contributed by atoms with E-state index in [0.717, 1.165) is 12.8 Å². The van der Waals surface area contributed by atoms with Crippen LogP contribution in [0.4, 0.5) is 0 Å². The molecule has 1 fully saturated rings. The molecule has 0 aliphatic heterocycles. The van der Waals surface area contributed by atoms with Crippen molar-refractivity contribution in [3.05, 3.63) is 0 Å². The minimum absolute atomic E-state index is 0.0574. The summed E-state index contributed by atoms with van der Waals surface area (Å²) in [6.45, 7) is 2.65. The van der Waals surface area contributed by atoms with E-state index >= 15 is 0 Å². The largest absolute Gasteiger partial charge is 0.394 e. The van der Waals surface area contributed by atoms with Crippen LogP contribution in [0.5, 0.6) is 0 Å². The predicted molar refractivity (Wildman–Crippen MR) is 66.6 cm³/mol. The van der Waals surface area contributed by atoms with Crippen LogP contribution < -0.4 is 0 Å². The van der Waals surface area contributed by atoms with Gasteiger partial charge in [0.1, 0.15) is 0 Å². The molecule has 0 saturated heterocycles. The number of alkyl halides is 1. The average Bonchev–Trinajstić information content (AvgIpc) is 2.35. The summed E-state index contributed by atoms with van der Waals surface area (Å²) in [5.41, 5.74) is 0. The van der Waals surface area contributed by atoms with Gasteiger partial charge in [-0.15, -0.1) is 11.6 Å². The highest BCUT2D eigenvalue weighted by Crippen LogP contribution is 2.25. The van der Waals surface area contributed by atoms with E-state index in [4.69, 9.17) is 30.9 Å². The van der Waals surface area contributed by atoms with Gasteiger partial charge in [0.05, 0.1) is 51.1 Å². The van der Waals surface area contributed by atoms with Crippen molar-refractivity contribution in [2.75, 3.05) is 39.6 Å². The summed E-state index contributed by atoms with van der Waals surface area (Å²) in [5.74, 6) is 0. The molecule has 0 aromatic rings. The zero-order chi connectivity index (χ0) is 12.3. The summed E-state index contributed by atoms with van der Waals surface area (Å²) in [5, 5.41) is 8.64. The van der Waals surface area contributed by atoms with Gasteiger partial charge in [-0.1, -0.05) is 12.8 Å². The zero-order valence-electron chi connectivity index (χ0n) is 10.3. The molecule has 0 radical (unpaired) electrons. The van der Waals surface area contributed by atoms with Crippen molar-refractivity contribution in [2.45, 2.75) is 37.2 Å². The molecule has 17 heavy (non-hydrogen) atoms. The average molecular weight is 267 g/mol.